The molecule has 1 aliphatic heterocycles. The summed E-state index contributed by atoms with van der Waals surface area (Å²) in [5, 5.41) is 6.20. The van der Waals surface area contributed by atoms with E-state index < -0.39 is 0 Å². The lowest BCUT2D eigenvalue weighted by Gasteiger charge is -2.20. The second-order valence-corrected chi connectivity index (χ2v) is 6.94. The van der Waals surface area contributed by atoms with E-state index in [1.165, 1.54) is 22.5 Å². The Bertz CT molecular complexity index is 699. The fourth-order valence-corrected chi connectivity index (χ4v) is 3.37. The third kappa shape index (κ3) is 4.16. The Kier molecular flexibility index (Phi) is 4.71. The first-order chi connectivity index (χ1) is 11.1. The highest BCUT2D eigenvalue weighted by atomic mass is 32.1. The molecule has 0 unspecified atom stereocenters. The molecule has 1 aromatic carbocycles. The van der Waals surface area contributed by atoms with Crippen LogP contribution in [0.15, 0.2) is 30.5 Å². The minimum atomic E-state index is -0.169. The lowest BCUT2D eigenvalue weighted by Crippen LogP contribution is -2.40. The van der Waals surface area contributed by atoms with Gasteiger partial charge in [0.2, 0.25) is 11.8 Å². The molecule has 1 atom stereocenters. The number of carbonyl (C=O) groups excluding carboxylic acids is 2. The minimum Gasteiger partial charge on any atom is -0.355 e. The molecule has 1 saturated heterocycles. The smallest absolute Gasteiger partial charge is 0.231 e. The van der Waals surface area contributed by atoms with E-state index in [0.717, 1.165) is 11.3 Å². The number of nitrogens with zero attached hydrogens (tertiary/aromatic N) is 1. The minimum absolute atomic E-state index is 0.0173. The first kappa shape index (κ1) is 15.7. The highest BCUT2D eigenvalue weighted by Crippen LogP contribution is 2.22. The average Bonchev–Trinajstić information content (AvgIpc) is 2.97. The molecule has 1 aromatic heterocycles. The zero-order valence-corrected chi connectivity index (χ0v) is 13.8. The van der Waals surface area contributed by atoms with Crippen LogP contribution in [0.4, 0.5) is 5.13 Å². The highest BCUT2D eigenvalue weighted by molar-refractivity contribution is 7.15. The monoisotopic (exact) mass is 329 g/mol. The van der Waals surface area contributed by atoms with Crippen molar-refractivity contribution in [2.75, 3.05) is 11.9 Å². The quantitative estimate of drug-likeness (QED) is 0.905. The van der Waals surface area contributed by atoms with E-state index in [1.807, 2.05) is 6.20 Å². The van der Waals surface area contributed by atoms with Crippen LogP contribution in [0.2, 0.25) is 0 Å². The molecule has 0 saturated carbocycles. The normalized spacial score (nSPS) is 17.6. The van der Waals surface area contributed by atoms with Gasteiger partial charge in [-0.3, -0.25) is 9.59 Å². The molecule has 0 radical (unpaired) electrons. The van der Waals surface area contributed by atoms with Gasteiger partial charge in [-0.05, 0) is 18.9 Å². The van der Waals surface area contributed by atoms with Crippen molar-refractivity contribution in [3.8, 4) is 0 Å². The molecule has 2 amide bonds. The molecule has 3 rings (SSSR count). The van der Waals surface area contributed by atoms with Crippen molar-refractivity contribution < 1.29 is 9.59 Å². The first-order valence-electron chi connectivity index (χ1n) is 7.68. The van der Waals surface area contributed by atoms with Gasteiger partial charge < -0.3 is 10.6 Å². The molecule has 2 heterocycles. The summed E-state index contributed by atoms with van der Waals surface area (Å²) in [5.74, 6) is -0.220. The number of aryl methyl sites for hydroxylation is 1. The molecule has 6 heteroatoms. The summed E-state index contributed by atoms with van der Waals surface area (Å²) in [5.41, 5.74) is 2.47. The SMILES string of the molecule is Cc1ccc(Cc2cnc(NC(=O)[C@H]3CCC(=O)NC3)s2)cc1. The van der Waals surface area contributed by atoms with E-state index in [-0.39, 0.29) is 17.7 Å². The van der Waals surface area contributed by atoms with Crippen molar-refractivity contribution in [2.45, 2.75) is 26.2 Å². The predicted octanol–water partition coefficient (Wildman–Crippen LogP) is 2.51. The molecule has 2 N–H and O–H groups in total. The maximum atomic E-state index is 12.2. The number of rotatable bonds is 4. The lowest BCUT2D eigenvalue weighted by atomic mass is 9.98. The summed E-state index contributed by atoms with van der Waals surface area (Å²) >= 11 is 1.49. The fraction of sp³-hybridized carbons (Fsp3) is 0.353. The van der Waals surface area contributed by atoms with Gasteiger partial charge in [-0.2, -0.15) is 0 Å². The number of amides is 2. The summed E-state index contributed by atoms with van der Waals surface area (Å²) in [4.78, 5) is 28.7. The zero-order chi connectivity index (χ0) is 16.2. The second kappa shape index (κ2) is 6.91. The molecule has 0 spiro atoms. The molecule has 120 valence electrons. The van der Waals surface area contributed by atoms with Gasteiger partial charge in [0.15, 0.2) is 5.13 Å². The Morgan fingerprint density at radius 1 is 1.39 bits per heavy atom. The molecule has 2 aromatic rings. The number of benzene rings is 1. The summed E-state index contributed by atoms with van der Waals surface area (Å²) < 4.78 is 0. The number of piperidine rings is 1. The topological polar surface area (TPSA) is 71.1 Å². The molecule has 5 nitrogen and oxygen atoms in total. The van der Waals surface area contributed by atoms with Gasteiger partial charge in [-0.1, -0.05) is 29.8 Å². The second-order valence-electron chi connectivity index (χ2n) is 5.82. The molecule has 23 heavy (non-hydrogen) atoms. The third-order valence-corrected chi connectivity index (χ3v) is 4.83. The lowest BCUT2D eigenvalue weighted by molar-refractivity contribution is -0.126. The van der Waals surface area contributed by atoms with Gasteiger partial charge in [0.25, 0.3) is 0 Å². The van der Waals surface area contributed by atoms with Gasteiger partial charge in [-0.15, -0.1) is 11.3 Å². The van der Waals surface area contributed by atoms with Crippen LogP contribution in [0.1, 0.15) is 28.8 Å². The van der Waals surface area contributed by atoms with E-state index in [9.17, 15) is 9.59 Å². The van der Waals surface area contributed by atoms with Crippen LogP contribution in [0.3, 0.4) is 0 Å². The van der Waals surface area contributed by atoms with Crippen molar-refractivity contribution in [3.05, 3.63) is 46.5 Å². The third-order valence-electron chi connectivity index (χ3n) is 3.92. The Morgan fingerprint density at radius 2 is 2.17 bits per heavy atom. The van der Waals surface area contributed by atoms with E-state index in [2.05, 4.69) is 46.8 Å². The van der Waals surface area contributed by atoms with Crippen molar-refractivity contribution in [3.63, 3.8) is 0 Å². The van der Waals surface area contributed by atoms with Crippen LogP contribution >= 0.6 is 11.3 Å². The largest absolute Gasteiger partial charge is 0.355 e. The Labute approximate surface area is 139 Å². The number of hydrogen-bond acceptors (Lipinski definition) is 4. The molecular formula is C17H19N3O2S. The highest BCUT2D eigenvalue weighted by Gasteiger charge is 2.24. The molecule has 0 bridgehead atoms. The summed E-state index contributed by atoms with van der Waals surface area (Å²) in [6.45, 7) is 2.48. The van der Waals surface area contributed by atoms with Crippen LogP contribution in [0.25, 0.3) is 0 Å². The van der Waals surface area contributed by atoms with Crippen molar-refractivity contribution in [1.82, 2.24) is 10.3 Å². The standard InChI is InChI=1S/C17H19N3O2S/c1-11-2-4-12(5-3-11)8-14-10-19-17(23-14)20-16(22)13-6-7-15(21)18-9-13/h2-5,10,13H,6-9H2,1H3,(H,18,21)(H,19,20,22)/t13-/m0/s1. The number of carbonyl (C=O) groups is 2. The average molecular weight is 329 g/mol. The van der Waals surface area contributed by atoms with Gasteiger partial charge in [0.05, 0.1) is 5.92 Å². The maximum absolute atomic E-state index is 12.2. The zero-order valence-electron chi connectivity index (χ0n) is 13.0. The van der Waals surface area contributed by atoms with Gasteiger partial charge >= 0.3 is 0 Å². The number of hydrogen-bond donors (Lipinski definition) is 2. The number of thiazole rings is 1. The predicted molar refractivity (Wildman–Crippen MR) is 90.5 cm³/mol. The maximum Gasteiger partial charge on any atom is 0.231 e. The molecule has 1 aliphatic rings. The van der Waals surface area contributed by atoms with Gasteiger partial charge in [0, 0.05) is 30.5 Å². The van der Waals surface area contributed by atoms with Crippen LogP contribution < -0.4 is 10.6 Å². The van der Waals surface area contributed by atoms with E-state index in [0.29, 0.717) is 24.5 Å². The summed E-state index contributed by atoms with van der Waals surface area (Å²) in [7, 11) is 0. The van der Waals surface area contributed by atoms with Crippen LogP contribution in [0, 0.1) is 12.8 Å². The van der Waals surface area contributed by atoms with Crippen molar-refractivity contribution in [1.29, 1.82) is 0 Å². The number of nitrogens with one attached hydrogen (secondary N) is 2. The van der Waals surface area contributed by atoms with E-state index in [4.69, 9.17) is 0 Å². The van der Waals surface area contributed by atoms with Crippen molar-refractivity contribution >= 4 is 28.3 Å². The van der Waals surface area contributed by atoms with E-state index >= 15 is 0 Å². The Hall–Kier alpha value is -2.21. The van der Waals surface area contributed by atoms with E-state index in [1.54, 1.807) is 0 Å². The van der Waals surface area contributed by atoms with Gasteiger partial charge in [-0.25, -0.2) is 4.98 Å². The van der Waals surface area contributed by atoms with Gasteiger partial charge in [0.1, 0.15) is 0 Å². The number of anilines is 1. The fourth-order valence-electron chi connectivity index (χ4n) is 2.52. The van der Waals surface area contributed by atoms with Crippen molar-refractivity contribution in [2.24, 2.45) is 5.92 Å². The van der Waals surface area contributed by atoms with Crippen LogP contribution in [-0.2, 0) is 16.0 Å². The van der Waals surface area contributed by atoms with Crippen LogP contribution in [0.5, 0.6) is 0 Å². The molecule has 0 aliphatic carbocycles. The van der Waals surface area contributed by atoms with Crippen LogP contribution in [-0.4, -0.2) is 23.3 Å². The Balaban J connectivity index is 1.57. The summed E-state index contributed by atoms with van der Waals surface area (Å²) in [6, 6.07) is 8.41. The first-order valence-corrected chi connectivity index (χ1v) is 8.49. The molecular weight excluding hydrogens is 310 g/mol. The molecule has 1 fully saturated rings. The Morgan fingerprint density at radius 3 is 2.87 bits per heavy atom. The number of aromatic nitrogens is 1. The summed E-state index contributed by atoms with van der Waals surface area (Å²) in [6.07, 6.45) is 3.63.